The molecule has 4 rings (SSSR count). The summed E-state index contributed by atoms with van der Waals surface area (Å²) in [5, 5.41) is 2.66. The maximum Gasteiger partial charge on any atom is 4.00 e. The van der Waals surface area contributed by atoms with Gasteiger partial charge in [-0.1, -0.05) is 41.5 Å². The predicted octanol–water partition coefficient (Wildman–Crippen LogP) is -0.128. The van der Waals surface area contributed by atoms with E-state index in [2.05, 4.69) is 91.9 Å². The molecule has 0 nitrogen and oxygen atoms in total. The van der Waals surface area contributed by atoms with E-state index in [9.17, 15) is 0 Å². The van der Waals surface area contributed by atoms with Crippen LogP contribution in [0.1, 0.15) is 11.1 Å². The van der Waals surface area contributed by atoms with E-state index in [0.29, 0.717) is 0 Å². The first-order valence-corrected chi connectivity index (χ1v) is 7.46. The molecule has 0 amide bonds. The van der Waals surface area contributed by atoms with Gasteiger partial charge in [-0.05, 0) is 6.92 Å². The Morgan fingerprint density at radius 1 is 0.920 bits per heavy atom. The standard InChI is InChI=1S/C13H11.C9H7.2ClH.Zr/c1-11-6-8-13(9-7-11)10-12-4-2-3-5-12;1-2-5-9-7-3-6-8(9)4-1;;;/h2-4,6-10H,1H3;1-7H;2*1H;/q2*-1;;;+4/p-2. The molecule has 0 spiro atoms. The summed E-state index contributed by atoms with van der Waals surface area (Å²) < 4.78 is 0. The number of aryl methyl sites for hydroxylation is 1. The van der Waals surface area contributed by atoms with Crippen molar-refractivity contribution < 1.29 is 51.0 Å². The quantitative estimate of drug-likeness (QED) is 0.459. The number of hydrogen-bond acceptors (Lipinski definition) is 0. The van der Waals surface area contributed by atoms with Crippen LogP contribution < -0.4 is 24.8 Å². The van der Waals surface area contributed by atoms with Crippen molar-refractivity contribution in [2.24, 2.45) is 0 Å². The average molecular weight is 445 g/mol. The molecular formula is C22H18Cl2Zr. The average Bonchev–Trinajstić information content (AvgIpc) is 3.21. The zero-order chi connectivity index (χ0) is 15.2. The van der Waals surface area contributed by atoms with E-state index in [-0.39, 0.29) is 51.0 Å². The van der Waals surface area contributed by atoms with Crippen molar-refractivity contribution in [2.75, 3.05) is 0 Å². The summed E-state index contributed by atoms with van der Waals surface area (Å²) in [6.07, 6.45) is 11.3. The second-order valence-corrected chi connectivity index (χ2v) is 5.34. The molecule has 0 unspecified atom stereocenters. The minimum atomic E-state index is 0. The monoisotopic (exact) mass is 442 g/mol. The predicted molar refractivity (Wildman–Crippen MR) is 95.7 cm³/mol. The van der Waals surface area contributed by atoms with Crippen molar-refractivity contribution in [3.63, 3.8) is 0 Å². The third-order valence-corrected chi connectivity index (χ3v) is 3.57. The summed E-state index contributed by atoms with van der Waals surface area (Å²) in [6.45, 7) is 2.10. The zero-order valence-corrected chi connectivity index (χ0v) is 17.9. The molecule has 0 saturated heterocycles. The number of fused-ring (bicyclic) bond motifs is 1. The van der Waals surface area contributed by atoms with E-state index < -0.39 is 0 Å². The van der Waals surface area contributed by atoms with Gasteiger partial charge < -0.3 is 24.8 Å². The third-order valence-electron chi connectivity index (χ3n) is 3.57. The Bertz CT molecular complexity index is 796. The number of allylic oxidation sites excluding steroid dienone is 5. The molecule has 0 atom stereocenters. The molecule has 0 bridgehead atoms. The van der Waals surface area contributed by atoms with Crippen LogP contribution in [0.3, 0.4) is 0 Å². The van der Waals surface area contributed by atoms with Crippen molar-refractivity contribution in [2.45, 2.75) is 6.92 Å². The summed E-state index contributed by atoms with van der Waals surface area (Å²) >= 11 is 0. The van der Waals surface area contributed by atoms with Crippen molar-refractivity contribution in [1.29, 1.82) is 0 Å². The van der Waals surface area contributed by atoms with Gasteiger partial charge in [0.2, 0.25) is 0 Å². The Hall–Kier alpha value is -1.27. The fraction of sp³-hybridized carbons (Fsp3) is 0.0455. The Kier molecular flexibility index (Phi) is 11.5. The van der Waals surface area contributed by atoms with Gasteiger partial charge in [-0.3, -0.25) is 0 Å². The van der Waals surface area contributed by atoms with Gasteiger partial charge in [0.15, 0.2) is 0 Å². The van der Waals surface area contributed by atoms with Crippen LogP contribution in [0.5, 0.6) is 0 Å². The molecule has 0 aromatic heterocycles. The first kappa shape index (κ1) is 23.7. The van der Waals surface area contributed by atoms with E-state index >= 15 is 0 Å². The van der Waals surface area contributed by atoms with Crippen molar-refractivity contribution in [1.82, 2.24) is 0 Å². The van der Waals surface area contributed by atoms with Gasteiger partial charge in [0.05, 0.1) is 0 Å². The molecular weight excluding hydrogens is 426 g/mol. The minimum Gasteiger partial charge on any atom is -1.00 e. The van der Waals surface area contributed by atoms with Crippen molar-refractivity contribution in [3.8, 4) is 0 Å². The molecule has 0 fully saturated rings. The van der Waals surface area contributed by atoms with E-state index in [0.717, 1.165) is 5.57 Å². The SMILES string of the molecule is Cc1ccc(C=C2[C-]=CC=C2)cc1.[Cl-].[Cl-].[Zr+4].c1ccc2[cH-]ccc2c1. The molecule has 0 radical (unpaired) electrons. The van der Waals surface area contributed by atoms with Gasteiger partial charge >= 0.3 is 26.2 Å². The third kappa shape index (κ3) is 7.24. The first-order valence-electron chi connectivity index (χ1n) is 7.46. The molecule has 0 saturated carbocycles. The van der Waals surface area contributed by atoms with Gasteiger partial charge in [-0.15, -0.1) is 41.8 Å². The molecule has 3 aromatic carbocycles. The smallest absolute Gasteiger partial charge is 1.00 e. The maximum atomic E-state index is 3.14. The fourth-order valence-corrected chi connectivity index (χ4v) is 2.35. The summed E-state index contributed by atoms with van der Waals surface area (Å²) in [5.74, 6) is 0. The maximum absolute atomic E-state index is 3.14. The second kappa shape index (κ2) is 12.1. The fourth-order valence-electron chi connectivity index (χ4n) is 2.35. The van der Waals surface area contributed by atoms with Crippen LogP contribution in [0, 0.1) is 13.0 Å². The molecule has 1 aliphatic rings. The molecule has 1 aliphatic carbocycles. The summed E-state index contributed by atoms with van der Waals surface area (Å²) in [5.41, 5.74) is 3.67. The Balaban J connectivity index is 0.000000430. The van der Waals surface area contributed by atoms with Gasteiger partial charge in [0.1, 0.15) is 0 Å². The van der Waals surface area contributed by atoms with Crippen molar-refractivity contribution in [3.05, 3.63) is 108 Å². The summed E-state index contributed by atoms with van der Waals surface area (Å²) in [6, 6.07) is 23.2. The second-order valence-electron chi connectivity index (χ2n) is 5.34. The summed E-state index contributed by atoms with van der Waals surface area (Å²) in [4.78, 5) is 0. The van der Waals surface area contributed by atoms with Gasteiger partial charge in [0.25, 0.3) is 0 Å². The van der Waals surface area contributed by atoms with Gasteiger partial charge in [-0.25, -0.2) is 0 Å². The molecule has 3 aromatic rings. The van der Waals surface area contributed by atoms with E-state index in [1.807, 2.05) is 12.2 Å². The Labute approximate surface area is 181 Å². The van der Waals surface area contributed by atoms with E-state index in [1.54, 1.807) is 0 Å². The molecule has 3 heteroatoms. The molecule has 25 heavy (non-hydrogen) atoms. The van der Waals surface area contributed by atoms with E-state index in [1.165, 1.54) is 21.9 Å². The number of rotatable bonds is 1. The van der Waals surface area contributed by atoms with Crippen LogP contribution in [0.25, 0.3) is 16.8 Å². The first-order chi connectivity index (χ1) is 10.8. The van der Waals surface area contributed by atoms with Crippen LogP contribution in [0.4, 0.5) is 0 Å². The summed E-state index contributed by atoms with van der Waals surface area (Å²) in [7, 11) is 0. The molecule has 0 heterocycles. The van der Waals surface area contributed by atoms with Crippen LogP contribution in [0.2, 0.25) is 0 Å². The Morgan fingerprint density at radius 3 is 2.28 bits per heavy atom. The Morgan fingerprint density at radius 2 is 1.64 bits per heavy atom. The van der Waals surface area contributed by atoms with Gasteiger partial charge in [0, 0.05) is 0 Å². The van der Waals surface area contributed by atoms with Crippen LogP contribution in [-0.4, -0.2) is 0 Å². The minimum absolute atomic E-state index is 0. The van der Waals surface area contributed by atoms with Crippen LogP contribution in [-0.2, 0) is 26.2 Å². The van der Waals surface area contributed by atoms with Gasteiger partial charge in [-0.2, -0.15) is 41.3 Å². The topological polar surface area (TPSA) is 0 Å². The normalized spacial score (nSPS) is 12.6. The van der Waals surface area contributed by atoms with Crippen molar-refractivity contribution >= 4 is 16.8 Å². The molecule has 124 valence electrons. The van der Waals surface area contributed by atoms with E-state index in [4.69, 9.17) is 0 Å². The van der Waals surface area contributed by atoms with Crippen LogP contribution in [0.15, 0.2) is 90.5 Å². The number of halogens is 2. The molecule has 0 aliphatic heterocycles. The number of hydrogen-bond donors (Lipinski definition) is 0. The zero-order valence-electron chi connectivity index (χ0n) is 13.9. The number of benzene rings is 2. The largest absolute Gasteiger partial charge is 4.00 e. The molecule has 0 N–H and O–H groups in total. The van der Waals surface area contributed by atoms with Crippen LogP contribution >= 0.6 is 0 Å².